The van der Waals surface area contributed by atoms with Gasteiger partial charge in [0.1, 0.15) is 0 Å². The van der Waals surface area contributed by atoms with Crippen LogP contribution in [-0.2, 0) is 4.74 Å². The Morgan fingerprint density at radius 2 is 2.17 bits per heavy atom. The van der Waals surface area contributed by atoms with Crippen molar-refractivity contribution in [3.63, 3.8) is 0 Å². The van der Waals surface area contributed by atoms with E-state index >= 15 is 0 Å². The van der Waals surface area contributed by atoms with Crippen molar-refractivity contribution < 1.29 is 4.74 Å². The smallest absolute Gasteiger partial charge is 0.0795 e. The molecule has 0 aromatic rings. The predicted molar refractivity (Wildman–Crippen MR) is 77.0 cm³/mol. The molecular weight excluding hydrogens is 244 g/mol. The zero-order valence-electron chi connectivity index (χ0n) is 11.7. The topological polar surface area (TPSA) is 38.5 Å². The minimum atomic E-state index is 0.0654. The van der Waals surface area contributed by atoms with Crippen LogP contribution in [0.2, 0.25) is 0 Å². The number of likely N-dealkylation sites (tertiary alicyclic amines) is 1. The van der Waals surface area contributed by atoms with Gasteiger partial charge < -0.3 is 10.5 Å². The second-order valence-electron chi connectivity index (χ2n) is 6.77. The molecule has 0 aromatic heterocycles. The Morgan fingerprint density at radius 3 is 2.78 bits per heavy atom. The second kappa shape index (κ2) is 4.65. The lowest BCUT2D eigenvalue weighted by atomic mass is 9.77. The summed E-state index contributed by atoms with van der Waals surface area (Å²) in [4.78, 5) is 2.60. The molecule has 0 radical (unpaired) electrons. The van der Waals surface area contributed by atoms with Crippen molar-refractivity contribution >= 4 is 11.8 Å². The summed E-state index contributed by atoms with van der Waals surface area (Å²) in [5.74, 6) is 3.07. The average molecular weight is 270 g/mol. The molecule has 2 N–H and O–H groups in total. The first-order valence-electron chi connectivity index (χ1n) is 7.28. The van der Waals surface area contributed by atoms with Gasteiger partial charge in [-0.05, 0) is 30.9 Å². The normalized spacial score (nSPS) is 40.3. The van der Waals surface area contributed by atoms with Crippen LogP contribution in [0.5, 0.6) is 0 Å². The van der Waals surface area contributed by atoms with Gasteiger partial charge in [-0.2, -0.15) is 11.8 Å². The Labute approximate surface area is 115 Å². The van der Waals surface area contributed by atoms with E-state index in [2.05, 4.69) is 30.5 Å². The molecule has 2 unspecified atom stereocenters. The summed E-state index contributed by atoms with van der Waals surface area (Å²) in [6.45, 7) is 7.60. The van der Waals surface area contributed by atoms with E-state index in [0.29, 0.717) is 12.0 Å². The first-order valence-corrected chi connectivity index (χ1v) is 8.43. The minimum Gasteiger partial charge on any atom is -0.374 e. The number of nitrogens with zero attached hydrogens (tertiary/aromatic N) is 1. The van der Waals surface area contributed by atoms with Crippen LogP contribution in [0.25, 0.3) is 0 Å². The Hall–Kier alpha value is 0.230. The van der Waals surface area contributed by atoms with Crippen LogP contribution in [0.4, 0.5) is 0 Å². The zero-order valence-corrected chi connectivity index (χ0v) is 12.5. The first-order chi connectivity index (χ1) is 8.53. The maximum absolute atomic E-state index is 6.41. The maximum Gasteiger partial charge on any atom is 0.0795 e. The molecule has 0 bridgehead atoms. The van der Waals surface area contributed by atoms with Gasteiger partial charge in [0.2, 0.25) is 0 Å². The lowest BCUT2D eigenvalue weighted by Crippen LogP contribution is -2.72. The highest BCUT2D eigenvalue weighted by Crippen LogP contribution is 2.41. The van der Waals surface area contributed by atoms with Crippen molar-refractivity contribution in [3.05, 3.63) is 0 Å². The van der Waals surface area contributed by atoms with Gasteiger partial charge in [0, 0.05) is 37.0 Å². The molecular formula is C14H26N2OS. The molecule has 3 rings (SSSR count). The van der Waals surface area contributed by atoms with E-state index in [1.54, 1.807) is 0 Å². The van der Waals surface area contributed by atoms with Gasteiger partial charge in [0.15, 0.2) is 0 Å². The average Bonchev–Trinajstić information content (AvgIpc) is 2.72. The maximum atomic E-state index is 6.41. The quantitative estimate of drug-likeness (QED) is 0.829. The molecule has 0 aliphatic carbocycles. The highest BCUT2D eigenvalue weighted by atomic mass is 32.2. The van der Waals surface area contributed by atoms with Gasteiger partial charge >= 0.3 is 0 Å². The molecule has 1 spiro atoms. The van der Waals surface area contributed by atoms with Crippen molar-refractivity contribution in [3.8, 4) is 0 Å². The van der Waals surface area contributed by atoms with Gasteiger partial charge in [0.25, 0.3) is 0 Å². The predicted octanol–water partition coefficient (Wildman–Crippen LogP) is 1.71. The molecule has 18 heavy (non-hydrogen) atoms. The Morgan fingerprint density at radius 1 is 1.39 bits per heavy atom. The third kappa shape index (κ3) is 2.21. The van der Waals surface area contributed by atoms with Gasteiger partial charge in [-0.3, -0.25) is 4.90 Å². The van der Waals surface area contributed by atoms with Crippen LogP contribution in [0, 0.1) is 5.92 Å². The lowest BCUT2D eigenvalue weighted by Gasteiger charge is -2.55. The van der Waals surface area contributed by atoms with Crippen LogP contribution in [0.3, 0.4) is 0 Å². The van der Waals surface area contributed by atoms with Crippen molar-refractivity contribution in [2.45, 2.75) is 50.3 Å². The fraction of sp³-hybridized carbons (Fsp3) is 1.00. The number of ether oxygens (including phenoxy) is 1. The minimum absolute atomic E-state index is 0.0654. The highest BCUT2D eigenvalue weighted by molar-refractivity contribution is 7.99. The number of nitrogens with two attached hydrogens (primary N) is 1. The second-order valence-corrected chi connectivity index (χ2v) is 7.88. The Bertz CT molecular complexity index is 309. The third-order valence-corrected chi connectivity index (χ3v) is 6.42. The van der Waals surface area contributed by atoms with Gasteiger partial charge in [0.05, 0.1) is 5.60 Å². The van der Waals surface area contributed by atoms with Crippen molar-refractivity contribution in [1.82, 2.24) is 4.90 Å². The number of hydrogen-bond donors (Lipinski definition) is 1. The van der Waals surface area contributed by atoms with Crippen LogP contribution in [0.1, 0.15) is 33.1 Å². The lowest BCUT2D eigenvalue weighted by molar-refractivity contribution is -0.113. The Balaban J connectivity index is 1.58. The molecule has 3 fully saturated rings. The molecule has 2 atom stereocenters. The monoisotopic (exact) mass is 270 g/mol. The summed E-state index contributed by atoms with van der Waals surface area (Å²) >= 11 is 2.06. The molecule has 4 heteroatoms. The summed E-state index contributed by atoms with van der Waals surface area (Å²) in [7, 11) is 0. The molecule has 3 heterocycles. The summed E-state index contributed by atoms with van der Waals surface area (Å²) < 4.78 is 6.10. The van der Waals surface area contributed by atoms with E-state index < -0.39 is 0 Å². The van der Waals surface area contributed by atoms with E-state index in [-0.39, 0.29) is 11.1 Å². The van der Waals surface area contributed by atoms with Crippen molar-refractivity contribution in [2.75, 3.05) is 31.2 Å². The summed E-state index contributed by atoms with van der Waals surface area (Å²) in [6, 6.07) is 0.716. The van der Waals surface area contributed by atoms with Gasteiger partial charge in [-0.1, -0.05) is 13.8 Å². The fourth-order valence-electron chi connectivity index (χ4n) is 3.51. The summed E-state index contributed by atoms with van der Waals surface area (Å²) in [6.07, 6.45) is 3.68. The molecule has 3 aliphatic heterocycles. The molecule has 104 valence electrons. The van der Waals surface area contributed by atoms with E-state index in [4.69, 9.17) is 10.5 Å². The summed E-state index contributed by atoms with van der Waals surface area (Å²) in [5, 5.41) is 0. The van der Waals surface area contributed by atoms with E-state index in [0.717, 1.165) is 19.7 Å². The van der Waals surface area contributed by atoms with E-state index in [1.807, 2.05) is 0 Å². The van der Waals surface area contributed by atoms with Crippen LogP contribution in [0.15, 0.2) is 0 Å². The fourth-order valence-corrected chi connectivity index (χ4v) is 4.89. The molecule has 0 aromatic carbocycles. The molecule has 0 saturated carbocycles. The standard InChI is InChI=1S/C14H26N2OS/c1-11(2)14(15)8-16(9-14)12-3-5-17-13(7-12)4-6-18-10-13/h11-12H,3-10,15H2,1-2H3. The van der Waals surface area contributed by atoms with Crippen molar-refractivity contribution in [1.29, 1.82) is 0 Å². The molecule has 3 aliphatic rings. The number of thioether (sulfide) groups is 1. The number of hydrogen-bond acceptors (Lipinski definition) is 4. The van der Waals surface area contributed by atoms with E-state index in [9.17, 15) is 0 Å². The summed E-state index contributed by atoms with van der Waals surface area (Å²) in [5.41, 5.74) is 6.68. The van der Waals surface area contributed by atoms with Crippen molar-refractivity contribution in [2.24, 2.45) is 11.7 Å². The number of rotatable bonds is 2. The van der Waals surface area contributed by atoms with Crippen LogP contribution in [-0.4, -0.2) is 53.3 Å². The van der Waals surface area contributed by atoms with Gasteiger partial charge in [-0.15, -0.1) is 0 Å². The van der Waals surface area contributed by atoms with Gasteiger partial charge in [-0.25, -0.2) is 0 Å². The SMILES string of the molecule is CC(C)C1(N)CN(C2CCOC3(CCSC3)C2)C1. The largest absolute Gasteiger partial charge is 0.374 e. The van der Waals surface area contributed by atoms with E-state index in [1.165, 1.54) is 30.8 Å². The molecule has 0 amide bonds. The molecule has 3 nitrogen and oxygen atoms in total. The molecule has 3 saturated heterocycles. The first kappa shape index (κ1) is 13.2. The Kier molecular flexibility index (Phi) is 3.42. The zero-order chi connectivity index (χ0) is 12.8. The van der Waals surface area contributed by atoms with Crippen LogP contribution >= 0.6 is 11.8 Å². The highest BCUT2D eigenvalue weighted by Gasteiger charge is 2.48. The van der Waals surface area contributed by atoms with Crippen LogP contribution < -0.4 is 5.73 Å². The third-order valence-electron chi connectivity index (χ3n) is 5.20.